The molecule has 0 saturated heterocycles. The largest absolute Gasteiger partial charge is 0.337 e. The van der Waals surface area contributed by atoms with Crippen LogP contribution in [0.25, 0.3) is 0 Å². The van der Waals surface area contributed by atoms with E-state index in [1.807, 2.05) is 56.0 Å². The number of carbonyl (C=O) groups excluding carboxylic acids is 1. The molecule has 0 aliphatic heterocycles. The van der Waals surface area contributed by atoms with Gasteiger partial charge in [0, 0.05) is 13.1 Å². The van der Waals surface area contributed by atoms with Crippen molar-refractivity contribution in [2.24, 2.45) is 11.1 Å². The van der Waals surface area contributed by atoms with Gasteiger partial charge in [-0.25, -0.2) is 0 Å². The van der Waals surface area contributed by atoms with Crippen molar-refractivity contribution in [1.82, 2.24) is 4.90 Å². The summed E-state index contributed by atoms with van der Waals surface area (Å²) >= 11 is 0. The third kappa shape index (κ3) is 4.67. The first-order valence-corrected chi connectivity index (χ1v) is 6.94. The van der Waals surface area contributed by atoms with Crippen LogP contribution in [0.5, 0.6) is 0 Å². The van der Waals surface area contributed by atoms with Gasteiger partial charge in [0.15, 0.2) is 0 Å². The highest BCUT2D eigenvalue weighted by molar-refractivity contribution is 5.82. The van der Waals surface area contributed by atoms with Crippen LogP contribution in [-0.4, -0.2) is 23.4 Å². The Labute approximate surface area is 116 Å². The van der Waals surface area contributed by atoms with E-state index < -0.39 is 6.04 Å². The predicted molar refractivity (Wildman–Crippen MR) is 79.6 cm³/mol. The standard InChI is InChI=1S/C16H26N2O/c1-5-11-18(12-13-9-7-6-8-10-13)15(19)14(17)16(2,3)4/h6-10,14H,5,11-12,17H2,1-4H3/t14-/m0/s1. The normalized spacial score (nSPS) is 13.1. The van der Waals surface area contributed by atoms with Crippen molar-refractivity contribution in [3.63, 3.8) is 0 Å². The second-order valence-electron chi connectivity index (χ2n) is 6.09. The van der Waals surface area contributed by atoms with Gasteiger partial charge >= 0.3 is 0 Å². The van der Waals surface area contributed by atoms with Crippen molar-refractivity contribution in [3.05, 3.63) is 35.9 Å². The van der Waals surface area contributed by atoms with E-state index >= 15 is 0 Å². The number of carbonyl (C=O) groups is 1. The first-order chi connectivity index (χ1) is 8.86. The number of amides is 1. The molecule has 0 spiro atoms. The third-order valence-corrected chi connectivity index (χ3v) is 3.22. The minimum Gasteiger partial charge on any atom is -0.337 e. The van der Waals surface area contributed by atoms with Gasteiger partial charge in [-0.3, -0.25) is 4.79 Å². The highest BCUT2D eigenvalue weighted by Gasteiger charge is 2.30. The van der Waals surface area contributed by atoms with E-state index in [4.69, 9.17) is 5.73 Å². The van der Waals surface area contributed by atoms with Gasteiger partial charge in [0.2, 0.25) is 5.91 Å². The highest BCUT2D eigenvalue weighted by atomic mass is 16.2. The summed E-state index contributed by atoms with van der Waals surface area (Å²) in [4.78, 5) is 14.4. The zero-order valence-electron chi connectivity index (χ0n) is 12.5. The van der Waals surface area contributed by atoms with Crippen molar-refractivity contribution >= 4 is 5.91 Å². The fraction of sp³-hybridized carbons (Fsp3) is 0.562. The lowest BCUT2D eigenvalue weighted by atomic mass is 9.86. The summed E-state index contributed by atoms with van der Waals surface area (Å²) in [5.41, 5.74) is 7.02. The lowest BCUT2D eigenvalue weighted by Gasteiger charge is -2.32. The van der Waals surface area contributed by atoms with Crippen molar-refractivity contribution in [2.45, 2.75) is 46.7 Å². The minimum absolute atomic E-state index is 0.0400. The summed E-state index contributed by atoms with van der Waals surface area (Å²) in [6.45, 7) is 9.47. The number of hydrogen-bond donors (Lipinski definition) is 1. The summed E-state index contributed by atoms with van der Waals surface area (Å²) in [5.74, 6) is 0.0400. The van der Waals surface area contributed by atoms with E-state index in [-0.39, 0.29) is 11.3 Å². The van der Waals surface area contributed by atoms with E-state index in [0.29, 0.717) is 6.54 Å². The summed E-state index contributed by atoms with van der Waals surface area (Å²) in [6.07, 6.45) is 0.940. The topological polar surface area (TPSA) is 46.3 Å². The molecule has 0 bridgehead atoms. The fourth-order valence-corrected chi connectivity index (χ4v) is 1.91. The molecule has 3 nitrogen and oxygen atoms in total. The van der Waals surface area contributed by atoms with Crippen LogP contribution in [-0.2, 0) is 11.3 Å². The summed E-state index contributed by atoms with van der Waals surface area (Å²) in [7, 11) is 0. The lowest BCUT2D eigenvalue weighted by Crippen LogP contribution is -2.50. The molecule has 1 aromatic rings. The molecular weight excluding hydrogens is 236 g/mol. The van der Waals surface area contributed by atoms with Crippen molar-refractivity contribution in [1.29, 1.82) is 0 Å². The van der Waals surface area contributed by atoms with Crippen LogP contribution < -0.4 is 5.73 Å². The molecule has 0 unspecified atom stereocenters. The Morgan fingerprint density at radius 3 is 2.32 bits per heavy atom. The number of rotatable bonds is 5. The molecule has 106 valence electrons. The summed E-state index contributed by atoms with van der Waals surface area (Å²) < 4.78 is 0. The first kappa shape index (κ1) is 15.7. The van der Waals surface area contributed by atoms with Crippen molar-refractivity contribution in [3.8, 4) is 0 Å². The number of nitrogens with zero attached hydrogens (tertiary/aromatic N) is 1. The molecule has 1 amide bonds. The molecule has 0 radical (unpaired) electrons. The van der Waals surface area contributed by atoms with E-state index in [2.05, 4.69) is 6.92 Å². The van der Waals surface area contributed by atoms with Gasteiger partial charge < -0.3 is 10.6 Å². The zero-order valence-corrected chi connectivity index (χ0v) is 12.5. The Kier molecular flexibility index (Phi) is 5.55. The zero-order chi connectivity index (χ0) is 14.5. The average Bonchev–Trinajstić information content (AvgIpc) is 2.36. The first-order valence-electron chi connectivity index (χ1n) is 6.94. The van der Waals surface area contributed by atoms with E-state index in [9.17, 15) is 4.79 Å². The molecular formula is C16H26N2O. The maximum absolute atomic E-state index is 12.5. The van der Waals surface area contributed by atoms with E-state index in [1.54, 1.807) is 0 Å². The van der Waals surface area contributed by atoms with Crippen LogP contribution in [0.3, 0.4) is 0 Å². The van der Waals surface area contributed by atoms with E-state index in [1.165, 1.54) is 0 Å². The molecule has 1 atom stereocenters. The van der Waals surface area contributed by atoms with Crippen LogP contribution in [0.1, 0.15) is 39.7 Å². The van der Waals surface area contributed by atoms with Gasteiger partial charge in [0.25, 0.3) is 0 Å². The quantitative estimate of drug-likeness (QED) is 0.887. The smallest absolute Gasteiger partial charge is 0.240 e. The molecule has 1 aromatic carbocycles. The van der Waals surface area contributed by atoms with Gasteiger partial charge in [0.05, 0.1) is 6.04 Å². The Balaban J connectivity index is 2.80. The molecule has 0 saturated carbocycles. The van der Waals surface area contributed by atoms with Crippen molar-refractivity contribution < 1.29 is 4.79 Å². The number of nitrogens with two attached hydrogens (primary N) is 1. The number of benzene rings is 1. The maximum atomic E-state index is 12.5. The van der Waals surface area contributed by atoms with E-state index in [0.717, 1.165) is 18.5 Å². The van der Waals surface area contributed by atoms with Gasteiger partial charge in [-0.2, -0.15) is 0 Å². The summed E-state index contributed by atoms with van der Waals surface area (Å²) in [6, 6.07) is 9.59. The molecule has 0 fully saturated rings. The Morgan fingerprint density at radius 2 is 1.84 bits per heavy atom. The molecule has 0 aliphatic carbocycles. The van der Waals surface area contributed by atoms with Crippen molar-refractivity contribution in [2.75, 3.05) is 6.54 Å². The van der Waals surface area contributed by atoms with Gasteiger partial charge in [-0.15, -0.1) is 0 Å². The molecule has 3 heteroatoms. The molecule has 0 aromatic heterocycles. The van der Waals surface area contributed by atoms with Crippen LogP contribution in [0.4, 0.5) is 0 Å². The molecule has 0 heterocycles. The second-order valence-corrected chi connectivity index (χ2v) is 6.09. The maximum Gasteiger partial charge on any atom is 0.240 e. The van der Waals surface area contributed by atoms with Crippen LogP contribution in [0, 0.1) is 5.41 Å². The fourth-order valence-electron chi connectivity index (χ4n) is 1.91. The minimum atomic E-state index is -0.456. The SMILES string of the molecule is CCCN(Cc1ccccc1)C(=O)[C@H](N)C(C)(C)C. The summed E-state index contributed by atoms with van der Waals surface area (Å²) in [5, 5.41) is 0. The molecule has 0 aliphatic rings. The van der Waals surface area contributed by atoms with Crippen LogP contribution in [0.2, 0.25) is 0 Å². The average molecular weight is 262 g/mol. The van der Waals surface area contributed by atoms with Gasteiger partial charge in [0.1, 0.15) is 0 Å². The number of hydrogen-bond acceptors (Lipinski definition) is 2. The Morgan fingerprint density at radius 1 is 1.26 bits per heavy atom. The van der Waals surface area contributed by atoms with Gasteiger partial charge in [-0.05, 0) is 17.4 Å². The molecule has 2 N–H and O–H groups in total. The van der Waals surface area contributed by atoms with Crippen LogP contribution in [0.15, 0.2) is 30.3 Å². The Bertz CT molecular complexity index is 395. The molecule has 19 heavy (non-hydrogen) atoms. The second kappa shape index (κ2) is 6.71. The highest BCUT2D eigenvalue weighted by Crippen LogP contribution is 2.20. The predicted octanol–water partition coefficient (Wildman–Crippen LogP) is 2.80. The van der Waals surface area contributed by atoms with Gasteiger partial charge in [-0.1, -0.05) is 58.0 Å². The lowest BCUT2D eigenvalue weighted by molar-refractivity contribution is -0.135. The van der Waals surface area contributed by atoms with Crippen LogP contribution >= 0.6 is 0 Å². The monoisotopic (exact) mass is 262 g/mol. The Hall–Kier alpha value is -1.35. The third-order valence-electron chi connectivity index (χ3n) is 3.22. The molecule has 1 rings (SSSR count).